The zero-order chi connectivity index (χ0) is 16.7. The van der Waals surface area contributed by atoms with E-state index >= 15 is 4.39 Å². The number of hydrogen-bond donors (Lipinski definition) is 3. The molecule has 0 radical (unpaired) electrons. The second kappa shape index (κ2) is 4.70. The SMILES string of the molecule is C[C@]12CCC(O)CC1(O)CC[C@H]1[C@@H]3CCC(O)[C@@]3(C)CC[C@]12F. The minimum atomic E-state index is -1.37. The molecule has 4 aliphatic carbocycles. The highest BCUT2D eigenvalue weighted by Crippen LogP contribution is 2.70. The van der Waals surface area contributed by atoms with Crippen molar-refractivity contribution in [1.82, 2.24) is 0 Å². The first kappa shape index (κ1) is 16.3. The zero-order valence-corrected chi connectivity index (χ0v) is 14.4. The van der Waals surface area contributed by atoms with Crippen molar-refractivity contribution in [2.45, 2.75) is 95.1 Å². The van der Waals surface area contributed by atoms with Gasteiger partial charge in [0.2, 0.25) is 0 Å². The summed E-state index contributed by atoms with van der Waals surface area (Å²) < 4.78 is 16.5. The highest BCUT2D eigenvalue weighted by molar-refractivity contribution is 5.21. The minimum Gasteiger partial charge on any atom is -0.393 e. The summed E-state index contributed by atoms with van der Waals surface area (Å²) in [4.78, 5) is 0. The van der Waals surface area contributed by atoms with Crippen molar-refractivity contribution in [2.24, 2.45) is 22.7 Å². The third-order valence-electron chi connectivity index (χ3n) is 8.82. The van der Waals surface area contributed by atoms with Gasteiger partial charge in [0.1, 0.15) is 5.67 Å². The van der Waals surface area contributed by atoms with Crippen LogP contribution in [0, 0.1) is 22.7 Å². The summed E-state index contributed by atoms with van der Waals surface area (Å²) >= 11 is 0. The monoisotopic (exact) mass is 326 g/mol. The largest absolute Gasteiger partial charge is 0.393 e. The molecule has 0 bridgehead atoms. The summed E-state index contributed by atoms with van der Waals surface area (Å²) in [5.41, 5.74) is -3.37. The number of rotatable bonds is 0. The predicted octanol–water partition coefficient (Wildman–Crippen LogP) is 2.96. The van der Waals surface area contributed by atoms with E-state index in [0.29, 0.717) is 44.9 Å². The molecule has 0 amide bonds. The summed E-state index contributed by atoms with van der Waals surface area (Å²) in [6.45, 7) is 4.07. The highest BCUT2D eigenvalue weighted by Gasteiger charge is 2.72. The summed E-state index contributed by atoms with van der Waals surface area (Å²) in [7, 11) is 0. The van der Waals surface area contributed by atoms with Gasteiger partial charge in [0.25, 0.3) is 0 Å². The molecule has 3 N–H and O–H groups in total. The maximum Gasteiger partial charge on any atom is 0.122 e. The van der Waals surface area contributed by atoms with Gasteiger partial charge in [-0.15, -0.1) is 0 Å². The van der Waals surface area contributed by atoms with Gasteiger partial charge in [-0.1, -0.05) is 13.8 Å². The van der Waals surface area contributed by atoms with Crippen LogP contribution in [0.15, 0.2) is 0 Å². The van der Waals surface area contributed by atoms with E-state index in [0.717, 1.165) is 12.8 Å². The highest BCUT2D eigenvalue weighted by atomic mass is 19.1. The fourth-order valence-corrected chi connectivity index (χ4v) is 7.10. The van der Waals surface area contributed by atoms with Crippen LogP contribution in [0.2, 0.25) is 0 Å². The van der Waals surface area contributed by atoms with Gasteiger partial charge in [-0.25, -0.2) is 4.39 Å². The molecule has 4 aliphatic rings. The number of aliphatic hydroxyl groups excluding tert-OH is 2. The standard InChI is InChI=1S/C19H31FO3/c1-16-9-10-19(20)14(13(16)3-4-15(16)22)6-8-18(23)11-12(21)5-7-17(18,19)2/h12-15,21-23H,3-11H2,1-2H3/t12?,13-,14-,15?,16-,17-,18?,19-/m0/s1. The molecule has 0 aromatic carbocycles. The van der Waals surface area contributed by atoms with Crippen molar-refractivity contribution in [1.29, 1.82) is 0 Å². The number of alkyl halides is 1. The van der Waals surface area contributed by atoms with Gasteiger partial charge >= 0.3 is 0 Å². The van der Waals surface area contributed by atoms with Crippen molar-refractivity contribution in [2.75, 3.05) is 0 Å². The van der Waals surface area contributed by atoms with Gasteiger partial charge in [-0.3, -0.25) is 0 Å². The molecule has 4 heteroatoms. The smallest absolute Gasteiger partial charge is 0.122 e. The first-order valence-electron chi connectivity index (χ1n) is 9.44. The zero-order valence-electron chi connectivity index (χ0n) is 14.4. The molecule has 0 aromatic heterocycles. The van der Waals surface area contributed by atoms with Crippen LogP contribution in [-0.2, 0) is 0 Å². The topological polar surface area (TPSA) is 60.7 Å². The molecule has 4 saturated carbocycles. The predicted molar refractivity (Wildman–Crippen MR) is 85.5 cm³/mol. The third kappa shape index (κ3) is 1.81. The van der Waals surface area contributed by atoms with Crippen molar-refractivity contribution >= 4 is 0 Å². The molecular formula is C19H31FO3. The quantitative estimate of drug-likeness (QED) is 0.641. The minimum absolute atomic E-state index is 0.0566. The molecule has 0 saturated heterocycles. The lowest BCUT2D eigenvalue weighted by Crippen LogP contribution is -2.70. The number of fused-ring (bicyclic) bond motifs is 5. The van der Waals surface area contributed by atoms with Gasteiger partial charge in [-0.05, 0) is 68.6 Å². The molecular weight excluding hydrogens is 295 g/mol. The van der Waals surface area contributed by atoms with E-state index in [1.54, 1.807) is 0 Å². The fourth-order valence-electron chi connectivity index (χ4n) is 7.10. The summed E-state index contributed by atoms with van der Waals surface area (Å²) in [6, 6.07) is 0. The number of aliphatic hydroxyl groups is 3. The van der Waals surface area contributed by atoms with Crippen LogP contribution in [-0.4, -0.2) is 38.8 Å². The van der Waals surface area contributed by atoms with Crippen LogP contribution in [0.1, 0.15) is 71.6 Å². The fraction of sp³-hybridized carbons (Fsp3) is 1.00. The van der Waals surface area contributed by atoms with Crippen LogP contribution < -0.4 is 0 Å². The Bertz CT molecular complexity index is 513. The van der Waals surface area contributed by atoms with Gasteiger partial charge in [0.05, 0.1) is 17.8 Å². The second-order valence-corrected chi connectivity index (χ2v) is 9.47. The Kier molecular flexibility index (Phi) is 3.33. The molecule has 8 atom stereocenters. The van der Waals surface area contributed by atoms with Gasteiger partial charge < -0.3 is 15.3 Å². The summed E-state index contributed by atoms with van der Waals surface area (Å²) in [6.07, 6.45) is 4.75. The Labute approximate surface area is 138 Å². The van der Waals surface area contributed by atoms with E-state index in [9.17, 15) is 15.3 Å². The molecule has 0 aromatic rings. The lowest BCUT2D eigenvalue weighted by Gasteiger charge is -2.66. The average molecular weight is 326 g/mol. The van der Waals surface area contributed by atoms with Crippen molar-refractivity contribution in [3.8, 4) is 0 Å². The van der Waals surface area contributed by atoms with E-state index < -0.39 is 22.8 Å². The normalized spacial score (nSPS) is 62.3. The lowest BCUT2D eigenvalue weighted by molar-refractivity contribution is -0.269. The molecule has 0 spiro atoms. The van der Waals surface area contributed by atoms with Crippen LogP contribution in [0.4, 0.5) is 4.39 Å². The van der Waals surface area contributed by atoms with Gasteiger partial charge in [0.15, 0.2) is 0 Å². The molecule has 4 rings (SSSR count). The second-order valence-electron chi connectivity index (χ2n) is 9.47. The Morgan fingerprint density at radius 1 is 0.870 bits per heavy atom. The van der Waals surface area contributed by atoms with Crippen LogP contribution in [0.25, 0.3) is 0 Å². The molecule has 3 nitrogen and oxygen atoms in total. The Morgan fingerprint density at radius 2 is 1.61 bits per heavy atom. The molecule has 132 valence electrons. The van der Waals surface area contributed by atoms with E-state index in [-0.39, 0.29) is 23.4 Å². The lowest BCUT2D eigenvalue weighted by atomic mass is 9.42. The van der Waals surface area contributed by atoms with E-state index in [2.05, 4.69) is 6.92 Å². The molecule has 4 fully saturated rings. The van der Waals surface area contributed by atoms with Crippen molar-refractivity contribution in [3.05, 3.63) is 0 Å². The van der Waals surface area contributed by atoms with Crippen molar-refractivity contribution < 1.29 is 19.7 Å². The van der Waals surface area contributed by atoms with E-state index in [1.807, 2.05) is 6.92 Å². The summed E-state index contributed by atoms with van der Waals surface area (Å²) in [5, 5.41) is 31.7. The van der Waals surface area contributed by atoms with E-state index in [4.69, 9.17) is 0 Å². The molecule has 3 unspecified atom stereocenters. The Hall–Kier alpha value is -0.190. The van der Waals surface area contributed by atoms with E-state index in [1.165, 1.54) is 0 Å². The first-order valence-corrected chi connectivity index (χ1v) is 9.44. The van der Waals surface area contributed by atoms with Crippen molar-refractivity contribution in [3.63, 3.8) is 0 Å². The van der Waals surface area contributed by atoms with Gasteiger partial charge in [-0.2, -0.15) is 0 Å². The van der Waals surface area contributed by atoms with Crippen LogP contribution >= 0.6 is 0 Å². The number of halogens is 1. The van der Waals surface area contributed by atoms with Gasteiger partial charge in [0, 0.05) is 11.8 Å². The molecule has 0 aliphatic heterocycles. The molecule has 0 heterocycles. The average Bonchev–Trinajstić information content (AvgIpc) is 2.78. The van der Waals surface area contributed by atoms with Crippen LogP contribution in [0.5, 0.6) is 0 Å². The first-order chi connectivity index (χ1) is 10.7. The maximum atomic E-state index is 16.5. The Morgan fingerprint density at radius 3 is 2.35 bits per heavy atom. The third-order valence-corrected chi connectivity index (χ3v) is 8.82. The Balaban J connectivity index is 1.74. The van der Waals surface area contributed by atoms with Crippen LogP contribution in [0.3, 0.4) is 0 Å². The molecule has 23 heavy (non-hydrogen) atoms. The maximum absolute atomic E-state index is 16.5. The summed E-state index contributed by atoms with van der Waals surface area (Å²) in [5.74, 6) is 0.170. The number of hydrogen-bond acceptors (Lipinski definition) is 3.